The average Bonchev–Trinajstić information content (AvgIpc) is 2.83. The number of rotatable bonds is 4. The van der Waals surface area contributed by atoms with Crippen LogP contribution in [0.5, 0.6) is 0 Å². The van der Waals surface area contributed by atoms with E-state index in [-0.39, 0.29) is 0 Å². The maximum absolute atomic E-state index is 5.62. The first-order valence-electron chi connectivity index (χ1n) is 5.81. The van der Waals surface area contributed by atoms with Crippen LogP contribution >= 0.6 is 0 Å². The quantitative estimate of drug-likeness (QED) is 0.812. The van der Waals surface area contributed by atoms with Gasteiger partial charge in [0.25, 0.3) is 0 Å². The maximum Gasteiger partial charge on any atom is 0.0719 e. The predicted octanol–water partition coefficient (Wildman–Crippen LogP) is 1.34. The number of anilines is 1. The fraction of sp³-hybridized carbons (Fsp3) is 0.727. The van der Waals surface area contributed by atoms with Gasteiger partial charge in [0, 0.05) is 18.8 Å². The molecule has 4 nitrogen and oxygen atoms in total. The summed E-state index contributed by atoms with van der Waals surface area (Å²) in [6.07, 6.45) is 7.58. The zero-order valence-electron chi connectivity index (χ0n) is 9.39. The number of hydrogen-bond donors (Lipinski definition) is 1. The summed E-state index contributed by atoms with van der Waals surface area (Å²) in [6, 6.07) is 0.790. The second kappa shape index (κ2) is 4.66. The predicted molar refractivity (Wildman–Crippen MR) is 61.5 cm³/mol. The highest BCUT2D eigenvalue weighted by atomic mass is 15.3. The molecule has 15 heavy (non-hydrogen) atoms. The molecule has 1 atom stereocenters. The Balaban J connectivity index is 1.82. The van der Waals surface area contributed by atoms with Crippen LogP contribution < -0.4 is 5.73 Å². The fourth-order valence-electron chi connectivity index (χ4n) is 2.38. The standard InChI is InChI=1S/C11H20N4/c1-2-11-4-3-5-14(11)6-7-15-9-10(12)8-13-15/h8-9,11H,2-7,12H2,1H3. The Morgan fingerprint density at radius 3 is 3.07 bits per heavy atom. The van der Waals surface area contributed by atoms with Crippen molar-refractivity contribution < 1.29 is 0 Å². The molecule has 1 aromatic rings. The van der Waals surface area contributed by atoms with Crippen LogP contribution in [-0.2, 0) is 6.54 Å². The van der Waals surface area contributed by atoms with Gasteiger partial charge in [0.2, 0.25) is 0 Å². The number of aromatic nitrogens is 2. The number of nitrogen functional groups attached to an aromatic ring is 1. The Kier molecular flexibility index (Phi) is 3.26. The SMILES string of the molecule is CCC1CCCN1CCn1cc(N)cn1. The molecule has 2 rings (SSSR count). The van der Waals surface area contributed by atoms with Crippen LogP contribution in [0.25, 0.3) is 0 Å². The van der Waals surface area contributed by atoms with Crippen LogP contribution in [0.1, 0.15) is 26.2 Å². The summed E-state index contributed by atoms with van der Waals surface area (Å²) in [6.45, 7) is 5.57. The lowest BCUT2D eigenvalue weighted by atomic mass is 10.2. The van der Waals surface area contributed by atoms with E-state index in [0.717, 1.165) is 24.8 Å². The van der Waals surface area contributed by atoms with Gasteiger partial charge in [-0.2, -0.15) is 5.10 Å². The van der Waals surface area contributed by atoms with Gasteiger partial charge in [-0.1, -0.05) is 6.92 Å². The third-order valence-electron chi connectivity index (χ3n) is 3.24. The lowest BCUT2D eigenvalue weighted by molar-refractivity contribution is 0.235. The van der Waals surface area contributed by atoms with Gasteiger partial charge in [0.15, 0.2) is 0 Å². The van der Waals surface area contributed by atoms with E-state index in [9.17, 15) is 0 Å². The molecule has 0 radical (unpaired) electrons. The molecule has 2 heterocycles. The van der Waals surface area contributed by atoms with Crippen molar-refractivity contribution in [2.45, 2.75) is 38.8 Å². The summed E-state index contributed by atoms with van der Waals surface area (Å²) in [7, 11) is 0. The Labute approximate surface area is 91.1 Å². The van der Waals surface area contributed by atoms with Gasteiger partial charge < -0.3 is 5.73 Å². The highest BCUT2D eigenvalue weighted by Crippen LogP contribution is 2.19. The van der Waals surface area contributed by atoms with Crippen molar-refractivity contribution in [1.29, 1.82) is 0 Å². The second-order valence-electron chi connectivity index (χ2n) is 4.28. The summed E-state index contributed by atoms with van der Waals surface area (Å²) in [5, 5.41) is 4.19. The number of likely N-dealkylation sites (tertiary alicyclic amines) is 1. The molecule has 0 bridgehead atoms. The van der Waals surface area contributed by atoms with E-state index in [1.54, 1.807) is 6.20 Å². The molecule has 1 fully saturated rings. The van der Waals surface area contributed by atoms with Crippen LogP contribution in [0.15, 0.2) is 12.4 Å². The number of hydrogen-bond acceptors (Lipinski definition) is 3. The summed E-state index contributed by atoms with van der Waals surface area (Å²) in [4.78, 5) is 2.57. The van der Waals surface area contributed by atoms with E-state index in [4.69, 9.17) is 5.73 Å². The number of nitrogens with zero attached hydrogens (tertiary/aromatic N) is 3. The molecule has 2 N–H and O–H groups in total. The van der Waals surface area contributed by atoms with Crippen molar-refractivity contribution in [3.05, 3.63) is 12.4 Å². The van der Waals surface area contributed by atoms with E-state index in [1.807, 2.05) is 10.9 Å². The van der Waals surface area contributed by atoms with Gasteiger partial charge in [-0.15, -0.1) is 0 Å². The molecule has 1 aromatic heterocycles. The molecular weight excluding hydrogens is 188 g/mol. The minimum Gasteiger partial charge on any atom is -0.396 e. The van der Waals surface area contributed by atoms with Crippen molar-refractivity contribution in [2.75, 3.05) is 18.8 Å². The van der Waals surface area contributed by atoms with E-state index in [1.165, 1.54) is 25.8 Å². The highest BCUT2D eigenvalue weighted by molar-refractivity contribution is 5.30. The van der Waals surface area contributed by atoms with Crippen molar-refractivity contribution in [1.82, 2.24) is 14.7 Å². The molecule has 0 amide bonds. The molecule has 0 aliphatic carbocycles. The molecule has 0 spiro atoms. The van der Waals surface area contributed by atoms with E-state index in [0.29, 0.717) is 0 Å². The van der Waals surface area contributed by atoms with Crippen LogP contribution in [0.4, 0.5) is 5.69 Å². The minimum absolute atomic E-state index is 0.753. The lowest BCUT2D eigenvalue weighted by Gasteiger charge is -2.22. The monoisotopic (exact) mass is 208 g/mol. The number of nitrogens with two attached hydrogens (primary N) is 1. The van der Waals surface area contributed by atoms with Crippen molar-refractivity contribution in [2.24, 2.45) is 0 Å². The van der Waals surface area contributed by atoms with Gasteiger partial charge in [0.1, 0.15) is 0 Å². The van der Waals surface area contributed by atoms with E-state index in [2.05, 4.69) is 16.9 Å². The smallest absolute Gasteiger partial charge is 0.0719 e. The zero-order valence-corrected chi connectivity index (χ0v) is 9.39. The van der Waals surface area contributed by atoms with Crippen LogP contribution in [0.3, 0.4) is 0 Å². The summed E-state index contributed by atoms with van der Waals surface area (Å²) in [5.41, 5.74) is 6.37. The molecule has 1 unspecified atom stereocenters. The van der Waals surface area contributed by atoms with Gasteiger partial charge in [0.05, 0.1) is 18.4 Å². The van der Waals surface area contributed by atoms with Gasteiger partial charge in [-0.25, -0.2) is 0 Å². The van der Waals surface area contributed by atoms with Crippen molar-refractivity contribution >= 4 is 5.69 Å². The van der Waals surface area contributed by atoms with Gasteiger partial charge >= 0.3 is 0 Å². The molecule has 1 aliphatic rings. The normalized spacial score (nSPS) is 22.3. The second-order valence-corrected chi connectivity index (χ2v) is 4.28. The first-order valence-corrected chi connectivity index (χ1v) is 5.81. The van der Waals surface area contributed by atoms with Gasteiger partial charge in [-0.05, 0) is 25.8 Å². The molecule has 4 heteroatoms. The molecule has 0 aromatic carbocycles. The average molecular weight is 208 g/mol. The fourth-order valence-corrected chi connectivity index (χ4v) is 2.38. The van der Waals surface area contributed by atoms with E-state index < -0.39 is 0 Å². The Morgan fingerprint density at radius 2 is 2.40 bits per heavy atom. The van der Waals surface area contributed by atoms with Crippen molar-refractivity contribution in [3.63, 3.8) is 0 Å². The first kappa shape index (κ1) is 10.5. The third kappa shape index (κ3) is 2.50. The topological polar surface area (TPSA) is 47.1 Å². The Bertz CT molecular complexity index is 307. The first-order chi connectivity index (χ1) is 7.29. The molecule has 84 valence electrons. The zero-order chi connectivity index (χ0) is 10.7. The third-order valence-corrected chi connectivity index (χ3v) is 3.24. The lowest BCUT2D eigenvalue weighted by Crippen LogP contribution is -2.32. The largest absolute Gasteiger partial charge is 0.396 e. The summed E-state index contributed by atoms with van der Waals surface area (Å²) in [5.74, 6) is 0. The minimum atomic E-state index is 0.753. The van der Waals surface area contributed by atoms with Crippen LogP contribution in [0, 0.1) is 0 Å². The van der Waals surface area contributed by atoms with E-state index >= 15 is 0 Å². The highest BCUT2D eigenvalue weighted by Gasteiger charge is 2.21. The molecule has 0 saturated carbocycles. The maximum atomic E-state index is 5.62. The van der Waals surface area contributed by atoms with Crippen LogP contribution in [-0.4, -0.2) is 33.8 Å². The van der Waals surface area contributed by atoms with Crippen molar-refractivity contribution in [3.8, 4) is 0 Å². The molecule has 1 saturated heterocycles. The Morgan fingerprint density at radius 1 is 1.53 bits per heavy atom. The summed E-state index contributed by atoms with van der Waals surface area (Å²) >= 11 is 0. The summed E-state index contributed by atoms with van der Waals surface area (Å²) < 4.78 is 1.93. The molecule has 1 aliphatic heterocycles. The van der Waals surface area contributed by atoms with Crippen LogP contribution in [0.2, 0.25) is 0 Å². The molecular formula is C11H20N4. The van der Waals surface area contributed by atoms with Gasteiger partial charge in [-0.3, -0.25) is 9.58 Å². The Hall–Kier alpha value is -1.03.